The lowest BCUT2D eigenvalue weighted by atomic mass is 10.1. The Labute approximate surface area is 255 Å². The predicted octanol–water partition coefficient (Wildman–Crippen LogP) is 7.13. The Morgan fingerprint density at radius 3 is 2.30 bits per heavy atom. The Morgan fingerprint density at radius 2 is 1.57 bits per heavy atom. The highest BCUT2D eigenvalue weighted by Gasteiger charge is 2.30. The van der Waals surface area contributed by atoms with Crippen LogP contribution in [0.1, 0.15) is 29.5 Å². The number of benzene rings is 3. The molecule has 1 fully saturated rings. The van der Waals surface area contributed by atoms with Crippen molar-refractivity contribution in [2.45, 2.75) is 32.9 Å². The second-order valence-electron chi connectivity index (χ2n) is 11.3. The van der Waals surface area contributed by atoms with Gasteiger partial charge in [0.15, 0.2) is 17.0 Å². The van der Waals surface area contributed by atoms with E-state index in [0.717, 1.165) is 69.8 Å². The fourth-order valence-corrected chi connectivity index (χ4v) is 5.80. The van der Waals surface area contributed by atoms with Crippen molar-refractivity contribution < 1.29 is 13.2 Å². The summed E-state index contributed by atoms with van der Waals surface area (Å²) in [4.78, 5) is 18.9. The van der Waals surface area contributed by atoms with Crippen molar-refractivity contribution >= 4 is 22.7 Å². The Morgan fingerprint density at radius 1 is 0.818 bits per heavy atom. The highest BCUT2D eigenvalue weighted by molar-refractivity contribution is 5.88. The average molecular weight is 600 g/mol. The summed E-state index contributed by atoms with van der Waals surface area (Å²) in [5.41, 5.74) is 5.83. The first-order valence-corrected chi connectivity index (χ1v) is 15.0. The molecule has 7 nitrogen and oxygen atoms in total. The number of aromatic nitrogens is 4. The minimum Gasteiger partial charge on any atom is -0.369 e. The second-order valence-corrected chi connectivity index (χ2v) is 11.3. The second kappa shape index (κ2) is 12.7. The van der Waals surface area contributed by atoms with Crippen molar-refractivity contribution in [1.29, 1.82) is 0 Å². The number of hydrogen-bond acceptors (Lipinski definition) is 6. The van der Waals surface area contributed by atoms with Crippen LogP contribution in [0.4, 0.5) is 24.7 Å². The van der Waals surface area contributed by atoms with Crippen LogP contribution in [0.15, 0.2) is 79.1 Å². The average Bonchev–Trinajstić information content (AvgIpc) is 3.43. The first kappa shape index (κ1) is 29.6. The molecule has 0 bridgehead atoms. The summed E-state index contributed by atoms with van der Waals surface area (Å²) in [5, 5.41) is 3.44. The molecule has 6 rings (SSSR count). The Hall–Kier alpha value is -4.44. The van der Waals surface area contributed by atoms with E-state index < -0.39 is 11.7 Å². The summed E-state index contributed by atoms with van der Waals surface area (Å²) in [6, 6.07) is 21.2. The quantitative estimate of drug-likeness (QED) is 0.182. The van der Waals surface area contributed by atoms with Gasteiger partial charge in [0.05, 0.1) is 5.56 Å². The molecule has 0 radical (unpaired) electrons. The molecule has 1 aliphatic rings. The number of aryl methyl sites for hydroxylation is 1. The molecule has 1 saturated heterocycles. The van der Waals surface area contributed by atoms with Gasteiger partial charge in [-0.25, -0.2) is 15.0 Å². The fourth-order valence-electron chi connectivity index (χ4n) is 5.80. The van der Waals surface area contributed by atoms with Crippen LogP contribution in [0.25, 0.3) is 28.2 Å². The van der Waals surface area contributed by atoms with Crippen LogP contribution in [0.2, 0.25) is 0 Å². The van der Waals surface area contributed by atoms with Crippen LogP contribution in [0.3, 0.4) is 0 Å². The molecule has 0 atom stereocenters. The first-order valence-electron chi connectivity index (χ1n) is 15.0. The van der Waals surface area contributed by atoms with Gasteiger partial charge in [-0.15, -0.1) is 0 Å². The van der Waals surface area contributed by atoms with Gasteiger partial charge in [0.25, 0.3) is 0 Å². The highest BCUT2D eigenvalue weighted by atomic mass is 19.4. The predicted molar refractivity (Wildman–Crippen MR) is 169 cm³/mol. The fraction of sp³-hybridized carbons (Fsp3) is 0.324. The zero-order chi connectivity index (χ0) is 30.7. The van der Waals surface area contributed by atoms with Gasteiger partial charge in [-0.05, 0) is 74.7 Å². The van der Waals surface area contributed by atoms with Crippen LogP contribution in [0.5, 0.6) is 0 Å². The molecule has 228 valence electrons. The molecule has 1 N–H and O–H groups in total. The number of nitrogens with zero attached hydrogens (tertiary/aromatic N) is 6. The molecular formula is C34H36F3N7. The van der Waals surface area contributed by atoms with E-state index >= 15 is 0 Å². The lowest BCUT2D eigenvalue weighted by Crippen LogP contribution is -2.46. The normalized spacial score (nSPS) is 14.3. The smallest absolute Gasteiger partial charge is 0.369 e. The topological polar surface area (TPSA) is 62.1 Å². The summed E-state index contributed by atoms with van der Waals surface area (Å²) in [6.45, 7) is 10.3. The molecule has 1 aliphatic heterocycles. The van der Waals surface area contributed by atoms with Crippen molar-refractivity contribution in [3.63, 3.8) is 0 Å². The molecule has 3 aromatic carbocycles. The van der Waals surface area contributed by atoms with Crippen LogP contribution >= 0.6 is 0 Å². The Balaban J connectivity index is 1.11. The maximum Gasteiger partial charge on any atom is 0.416 e. The molecular weight excluding hydrogens is 563 g/mol. The van der Waals surface area contributed by atoms with Gasteiger partial charge in [0.2, 0.25) is 0 Å². The number of alkyl halides is 3. The van der Waals surface area contributed by atoms with E-state index in [0.29, 0.717) is 28.5 Å². The number of halogens is 3. The Bertz CT molecular complexity index is 1710. The van der Waals surface area contributed by atoms with Crippen molar-refractivity contribution in [2.24, 2.45) is 0 Å². The number of hydrogen-bond donors (Lipinski definition) is 1. The van der Waals surface area contributed by atoms with Gasteiger partial charge in [-0.3, -0.25) is 9.47 Å². The first-order chi connectivity index (χ1) is 21.3. The van der Waals surface area contributed by atoms with Crippen LogP contribution in [0, 0.1) is 13.8 Å². The van der Waals surface area contributed by atoms with Gasteiger partial charge in [0, 0.05) is 49.7 Å². The summed E-state index contributed by atoms with van der Waals surface area (Å²) < 4.78 is 41.5. The van der Waals surface area contributed by atoms with Gasteiger partial charge in [-0.2, -0.15) is 13.2 Å². The number of rotatable bonds is 9. The molecule has 2 aromatic heterocycles. The van der Waals surface area contributed by atoms with E-state index in [2.05, 4.69) is 57.1 Å². The maximum absolute atomic E-state index is 13.2. The van der Waals surface area contributed by atoms with Crippen LogP contribution in [-0.2, 0) is 6.18 Å². The maximum atomic E-state index is 13.2. The summed E-state index contributed by atoms with van der Waals surface area (Å²) >= 11 is 0. The zero-order valence-corrected chi connectivity index (χ0v) is 25.0. The van der Waals surface area contributed by atoms with Gasteiger partial charge in [0.1, 0.15) is 12.2 Å². The molecule has 0 spiro atoms. The van der Waals surface area contributed by atoms with E-state index in [1.54, 1.807) is 4.57 Å². The number of fused-ring (bicyclic) bond motifs is 1. The molecule has 5 aromatic rings. The van der Waals surface area contributed by atoms with Crippen molar-refractivity contribution in [3.8, 4) is 17.1 Å². The van der Waals surface area contributed by atoms with E-state index in [1.165, 1.54) is 35.3 Å². The summed E-state index contributed by atoms with van der Waals surface area (Å²) in [5.74, 6) is 1.20. The van der Waals surface area contributed by atoms with E-state index in [4.69, 9.17) is 4.98 Å². The van der Waals surface area contributed by atoms with Gasteiger partial charge >= 0.3 is 6.18 Å². The highest BCUT2D eigenvalue weighted by Crippen LogP contribution is 2.33. The summed E-state index contributed by atoms with van der Waals surface area (Å²) in [6.07, 6.45) is -0.920. The molecule has 10 heteroatoms. The number of imidazole rings is 1. The molecule has 0 aliphatic carbocycles. The van der Waals surface area contributed by atoms with Crippen LogP contribution in [-0.4, -0.2) is 63.7 Å². The standard InChI is InChI=1S/C34H36F3N7/c1-24-9-8-12-29(25(24)2)43-21-19-42(20-22-43)18-7-6-17-38-31-30-33(40-23-39-31)44(32(41-30)26-10-4-3-5-11-26)28-15-13-27(14-16-28)34(35,36)37/h3-5,8-16,23H,6-7,17-22H2,1-2H3,(H,38,39,40). The van der Waals surface area contributed by atoms with Gasteiger partial charge in [-0.1, -0.05) is 42.5 Å². The lowest BCUT2D eigenvalue weighted by Gasteiger charge is -2.37. The largest absolute Gasteiger partial charge is 0.416 e. The van der Waals surface area contributed by atoms with Crippen molar-refractivity contribution in [1.82, 2.24) is 24.4 Å². The van der Waals surface area contributed by atoms with E-state index in [9.17, 15) is 13.2 Å². The Kier molecular flexibility index (Phi) is 8.52. The minimum atomic E-state index is -4.41. The number of piperazine rings is 1. The number of nitrogens with one attached hydrogen (secondary N) is 1. The SMILES string of the molecule is Cc1cccc(N2CCN(CCCCNc3ncnc4c3nc(-c3ccccc3)n4-c3ccc(C(F)(F)F)cc3)CC2)c1C. The molecule has 0 unspecified atom stereocenters. The van der Waals surface area contributed by atoms with E-state index in [-0.39, 0.29) is 0 Å². The third-order valence-electron chi connectivity index (χ3n) is 8.41. The van der Waals surface area contributed by atoms with Crippen LogP contribution < -0.4 is 10.2 Å². The minimum absolute atomic E-state index is 0.530. The molecule has 3 heterocycles. The lowest BCUT2D eigenvalue weighted by molar-refractivity contribution is -0.137. The summed E-state index contributed by atoms with van der Waals surface area (Å²) in [7, 11) is 0. The molecule has 0 amide bonds. The van der Waals surface area contributed by atoms with Crippen molar-refractivity contribution in [3.05, 3.63) is 95.8 Å². The monoisotopic (exact) mass is 599 g/mol. The van der Waals surface area contributed by atoms with Crippen molar-refractivity contribution in [2.75, 3.05) is 49.5 Å². The zero-order valence-electron chi connectivity index (χ0n) is 25.0. The third-order valence-corrected chi connectivity index (χ3v) is 8.41. The van der Waals surface area contributed by atoms with Gasteiger partial charge < -0.3 is 10.2 Å². The van der Waals surface area contributed by atoms with E-state index in [1.807, 2.05) is 30.3 Å². The third kappa shape index (κ3) is 6.26. The number of anilines is 2. The molecule has 44 heavy (non-hydrogen) atoms. The number of unbranched alkanes of at least 4 members (excludes halogenated alkanes) is 1. The molecule has 0 saturated carbocycles.